The summed E-state index contributed by atoms with van der Waals surface area (Å²) in [6.07, 6.45) is 0. The van der Waals surface area contributed by atoms with Gasteiger partial charge in [0.2, 0.25) is 0 Å². The van der Waals surface area contributed by atoms with E-state index in [1.165, 1.54) is 0 Å². The Kier molecular flexibility index (Phi) is 57.8. The molecule has 0 spiro atoms. The molecule has 0 saturated heterocycles. The molecular weight excluding hydrogens is 272 g/mol. The van der Waals surface area contributed by atoms with Gasteiger partial charge < -0.3 is 0 Å². The van der Waals surface area contributed by atoms with Gasteiger partial charge in [-0.3, -0.25) is 0 Å². The smallest absolute Gasteiger partial charge is 0 e. The second-order valence-electron chi connectivity index (χ2n) is 1.15. The Morgan fingerprint density at radius 3 is 0.714 bits per heavy atom. The van der Waals surface area contributed by atoms with Crippen molar-refractivity contribution in [2.45, 2.75) is 23.0 Å². The van der Waals surface area contributed by atoms with Crippen LogP contribution in [0.1, 0.15) is 0 Å². The van der Waals surface area contributed by atoms with Gasteiger partial charge >= 0.3 is 53.9 Å². The van der Waals surface area contributed by atoms with E-state index < -0.39 is 0 Å². The van der Waals surface area contributed by atoms with Crippen LogP contribution >= 0.6 is 0 Å². The molecule has 44 valence electrons. The van der Waals surface area contributed by atoms with Gasteiger partial charge in [-0.05, 0) is 0 Å². The van der Waals surface area contributed by atoms with Gasteiger partial charge in [0.25, 0.3) is 0 Å². The SMILES string of the molecule is [CH3][GeH][CH3].[CH3][GeH][CH3].[Se]. The van der Waals surface area contributed by atoms with Crippen molar-refractivity contribution in [3.05, 3.63) is 0 Å². The van der Waals surface area contributed by atoms with Crippen LogP contribution in [0.25, 0.3) is 0 Å². The first-order chi connectivity index (χ1) is 2.83. The maximum atomic E-state index is 2.28. The molecule has 0 rings (SSSR count). The zero-order chi connectivity index (χ0) is 5.41. The third-order valence-electron chi connectivity index (χ3n) is 0. The van der Waals surface area contributed by atoms with E-state index in [-0.39, 0.29) is 17.1 Å². The molecule has 0 N–H and O–H groups in total. The monoisotopic (exact) mass is 290 g/mol. The van der Waals surface area contributed by atoms with Gasteiger partial charge in [0, 0.05) is 17.1 Å². The average molecular weight is 286 g/mol. The molecule has 0 bridgehead atoms. The molecule has 0 heterocycles. The Morgan fingerprint density at radius 1 is 0.714 bits per heavy atom. The molecule has 0 aliphatic carbocycles. The molecule has 0 fully saturated rings. The van der Waals surface area contributed by atoms with Crippen molar-refractivity contribution < 1.29 is 0 Å². The fourth-order valence-corrected chi connectivity index (χ4v) is 0. The summed E-state index contributed by atoms with van der Waals surface area (Å²) in [7, 11) is 0. The Morgan fingerprint density at radius 2 is 0.714 bits per heavy atom. The molecule has 0 nitrogen and oxygen atoms in total. The normalized spacial score (nSPS) is 5.14. The van der Waals surface area contributed by atoms with Crippen molar-refractivity contribution in [3.63, 3.8) is 0 Å². The zero-order valence-electron chi connectivity index (χ0n) is 5.56. The molecule has 3 heteroatoms. The Labute approximate surface area is 70.6 Å². The van der Waals surface area contributed by atoms with E-state index >= 15 is 0 Å². The van der Waals surface area contributed by atoms with Crippen molar-refractivity contribution in [3.8, 4) is 0 Å². The predicted molar refractivity (Wildman–Crippen MR) is 43.5 cm³/mol. The molecule has 0 aromatic heterocycles. The summed E-state index contributed by atoms with van der Waals surface area (Å²) in [4.78, 5) is 0. The van der Waals surface area contributed by atoms with E-state index in [1.807, 2.05) is 0 Å². The second kappa shape index (κ2) is 25.5. The molecule has 0 aromatic carbocycles. The number of hydrogen-bond donors (Lipinski definition) is 0. The van der Waals surface area contributed by atoms with Crippen LogP contribution < -0.4 is 0 Å². The van der Waals surface area contributed by atoms with Crippen molar-refractivity contribution in [2.75, 3.05) is 0 Å². The summed E-state index contributed by atoms with van der Waals surface area (Å²) in [5.41, 5.74) is 0. The summed E-state index contributed by atoms with van der Waals surface area (Å²) in [5, 5.41) is 0. The van der Waals surface area contributed by atoms with Crippen LogP contribution in [0.2, 0.25) is 23.0 Å². The zero-order valence-corrected chi connectivity index (χ0v) is 12.1. The standard InChI is InChI=1S/2C2H7Ge.Se/c2*1-3-2;/h2*3H,1-2H3;. The van der Waals surface area contributed by atoms with Gasteiger partial charge in [-0.25, -0.2) is 0 Å². The first-order valence-electron chi connectivity index (χ1n) is 2.31. The largest absolute Gasteiger partial charge is 0 e. The molecule has 0 amide bonds. The Balaban J connectivity index is -0.0000000400. The van der Waals surface area contributed by atoms with Crippen LogP contribution in [0.3, 0.4) is 0 Å². The summed E-state index contributed by atoms with van der Waals surface area (Å²) in [6, 6.07) is 0. The Bertz CT molecular complexity index is 11.7. The van der Waals surface area contributed by atoms with Crippen molar-refractivity contribution in [2.24, 2.45) is 0 Å². The number of rotatable bonds is 0. The number of hydrogen-bond acceptors (Lipinski definition) is 0. The van der Waals surface area contributed by atoms with Gasteiger partial charge in [0.15, 0.2) is 0 Å². The van der Waals surface area contributed by atoms with Gasteiger partial charge in [-0.15, -0.1) is 0 Å². The minimum absolute atomic E-state index is 0. The molecule has 4 radical (unpaired) electrons. The van der Waals surface area contributed by atoms with Crippen LogP contribution in [0.4, 0.5) is 0 Å². The van der Waals surface area contributed by atoms with Crippen LogP contribution in [-0.2, 0) is 0 Å². The van der Waals surface area contributed by atoms with E-state index in [9.17, 15) is 0 Å². The molecule has 0 unspecified atom stereocenters. The average Bonchev–Trinajstić information content (AvgIpc) is 1.39. The van der Waals surface area contributed by atoms with E-state index in [0.29, 0.717) is 30.9 Å². The second-order valence-corrected chi connectivity index (χ2v) is 6.00. The Hall–Kier alpha value is 1.61. The summed E-state index contributed by atoms with van der Waals surface area (Å²) in [5.74, 6) is 9.12. The maximum absolute atomic E-state index is 2.28. The fourth-order valence-electron chi connectivity index (χ4n) is 0. The third kappa shape index (κ3) is 92.7. The summed E-state index contributed by atoms with van der Waals surface area (Å²) < 4.78 is 0. The maximum Gasteiger partial charge on any atom is 0 e. The quantitative estimate of drug-likeness (QED) is 0.574. The van der Waals surface area contributed by atoms with E-state index in [0.717, 1.165) is 0 Å². The topological polar surface area (TPSA) is 0 Å². The van der Waals surface area contributed by atoms with Gasteiger partial charge in [-0.2, -0.15) is 0 Å². The van der Waals surface area contributed by atoms with E-state index in [4.69, 9.17) is 0 Å². The van der Waals surface area contributed by atoms with Crippen LogP contribution in [0.15, 0.2) is 0 Å². The minimum Gasteiger partial charge on any atom is 0 e. The molecule has 0 saturated carbocycles. The summed E-state index contributed by atoms with van der Waals surface area (Å²) >= 11 is 0.625. The first kappa shape index (κ1) is 15.8. The van der Waals surface area contributed by atoms with Crippen LogP contribution in [-0.4, -0.2) is 47.9 Å². The first-order valence-corrected chi connectivity index (χ1v) is 12.0. The molecule has 7 heavy (non-hydrogen) atoms. The van der Waals surface area contributed by atoms with E-state index in [1.54, 1.807) is 0 Å². The van der Waals surface area contributed by atoms with Crippen molar-refractivity contribution >= 4 is 47.9 Å². The predicted octanol–water partition coefficient (Wildman–Crippen LogP) is 0.657. The fraction of sp³-hybridized carbons (Fsp3) is 1.00. The van der Waals surface area contributed by atoms with Gasteiger partial charge in [0.05, 0.1) is 0 Å². The van der Waals surface area contributed by atoms with Gasteiger partial charge in [-0.1, -0.05) is 0 Å². The molecule has 0 aliphatic heterocycles. The van der Waals surface area contributed by atoms with Crippen molar-refractivity contribution in [1.29, 1.82) is 0 Å². The molecular formula is C4H14Ge2Se. The van der Waals surface area contributed by atoms with Crippen LogP contribution in [0, 0.1) is 0 Å². The van der Waals surface area contributed by atoms with Crippen LogP contribution in [0.5, 0.6) is 0 Å². The van der Waals surface area contributed by atoms with E-state index in [2.05, 4.69) is 23.0 Å². The molecule has 0 aliphatic rings. The van der Waals surface area contributed by atoms with Gasteiger partial charge in [0.1, 0.15) is 0 Å². The molecule has 0 atom stereocenters. The third-order valence-corrected chi connectivity index (χ3v) is 0. The summed E-state index contributed by atoms with van der Waals surface area (Å²) in [6.45, 7) is 0. The van der Waals surface area contributed by atoms with Crippen molar-refractivity contribution in [1.82, 2.24) is 0 Å². The molecule has 0 aromatic rings. The minimum atomic E-state index is 0.